The number of para-hydroxylation sites is 1. The first-order valence-electron chi connectivity index (χ1n) is 10.9. The normalized spacial score (nSPS) is 11.5. The van der Waals surface area contributed by atoms with Crippen molar-refractivity contribution >= 4 is 15.9 Å². The van der Waals surface area contributed by atoms with Crippen LogP contribution in [0.15, 0.2) is 96.0 Å². The van der Waals surface area contributed by atoms with Gasteiger partial charge < -0.3 is 5.32 Å². The number of nitrogens with zero attached hydrogens (tertiary/aromatic N) is 2. The smallest absolute Gasteiger partial charge is 0.251 e. The molecule has 0 saturated heterocycles. The molecule has 0 aliphatic heterocycles. The quantitative estimate of drug-likeness (QED) is 0.401. The van der Waals surface area contributed by atoms with E-state index in [0.717, 1.165) is 22.5 Å². The predicted molar refractivity (Wildman–Crippen MR) is 132 cm³/mol. The summed E-state index contributed by atoms with van der Waals surface area (Å²) in [6, 6.07) is 25.2. The van der Waals surface area contributed by atoms with Gasteiger partial charge in [-0.25, -0.2) is 17.8 Å². The summed E-state index contributed by atoms with van der Waals surface area (Å²) in [5.74, 6) is -0.299. The van der Waals surface area contributed by atoms with Gasteiger partial charge in [0.15, 0.2) is 0 Å². The van der Waals surface area contributed by atoms with Crippen molar-refractivity contribution in [2.45, 2.75) is 31.3 Å². The Bertz CT molecular complexity index is 1360. The summed E-state index contributed by atoms with van der Waals surface area (Å²) in [4.78, 5) is 12.9. The Labute approximate surface area is 199 Å². The molecule has 0 unspecified atom stereocenters. The summed E-state index contributed by atoms with van der Waals surface area (Å²) >= 11 is 0. The van der Waals surface area contributed by atoms with Crippen molar-refractivity contribution in [3.8, 4) is 16.9 Å². The molecule has 0 fully saturated rings. The van der Waals surface area contributed by atoms with Crippen LogP contribution in [0.3, 0.4) is 0 Å². The molecule has 0 bridgehead atoms. The van der Waals surface area contributed by atoms with Gasteiger partial charge >= 0.3 is 0 Å². The van der Waals surface area contributed by atoms with E-state index < -0.39 is 10.0 Å². The Kier molecular flexibility index (Phi) is 6.90. The molecule has 0 saturated carbocycles. The molecule has 7 nitrogen and oxygen atoms in total. The Morgan fingerprint density at radius 3 is 2.15 bits per heavy atom. The zero-order valence-electron chi connectivity index (χ0n) is 19.0. The minimum atomic E-state index is -3.61. The highest BCUT2D eigenvalue weighted by Crippen LogP contribution is 2.23. The SMILES string of the molecule is CC(C)NS(=O)(=O)c1ccc(C(=O)NCc2cn(-c3ccccc3)nc2-c2ccccc2)cc1. The van der Waals surface area contributed by atoms with E-state index in [-0.39, 0.29) is 23.4 Å². The number of carbonyl (C=O) groups excluding carboxylic acids is 1. The average molecular weight is 475 g/mol. The van der Waals surface area contributed by atoms with Crippen molar-refractivity contribution in [2.24, 2.45) is 0 Å². The summed E-state index contributed by atoms with van der Waals surface area (Å²) < 4.78 is 28.9. The van der Waals surface area contributed by atoms with Crippen molar-refractivity contribution in [3.05, 3.63) is 102 Å². The molecule has 8 heteroatoms. The first-order chi connectivity index (χ1) is 16.3. The van der Waals surface area contributed by atoms with Crippen LogP contribution in [0.1, 0.15) is 29.8 Å². The molecule has 4 aromatic rings. The molecule has 3 aromatic carbocycles. The zero-order valence-corrected chi connectivity index (χ0v) is 19.8. The monoisotopic (exact) mass is 474 g/mol. The predicted octanol–water partition coefficient (Wildman–Crippen LogP) is 4.16. The van der Waals surface area contributed by atoms with E-state index in [4.69, 9.17) is 5.10 Å². The highest BCUT2D eigenvalue weighted by molar-refractivity contribution is 7.89. The summed E-state index contributed by atoms with van der Waals surface area (Å²) in [6.45, 7) is 3.77. The largest absolute Gasteiger partial charge is 0.348 e. The maximum Gasteiger partial charge on any atom is 0.251 e. The molecule has 1 aromatic heterocycles. The second kappa shape index (κ2) is 10.0. The number of hydrogen-bond donors (Lipinski definition) is 2. The number of rotatable bonds is 8. The van der Waals surface area contributed by atoms with Crippen LogP contribution in [0.25, 0.3) is 16.9 Å². The zero-order chi connectivity index (χ0) is 24.1. The van der Waals surface area contributed by atoms with E-state index in [1.54, 1.807) is 18.5 Å². The van der Waals surface area contributed by atoms with Gasteiger partial charge in [0.2, 0.25) is 10.0 Å². The second-order valence-corrected chi connectivity index (χ2v) is 9.85. The highest BCUT2D eigenvalue weighted by Gasteiger charge is 2.17. The van der Waals surface area contributed by atoms with Crippen molar-refractivity contribution in [3.63, 3.8) is 0 Å². The Morgan fingerprint density at radius 2 is 1.53 bits per heavy atom. The summed E-state index contributed by atoms with van der Waals surface area (Å²) in [6.07, 6.45) is 1.91. The number of aromatic nitrogens is 2. The number of amides is 1. The molecule has 0 aliphatic rings. The van der Waals surface area contributed by atoms with Crippen molar-refractivity contribution in [1.29, 1.82) is 0 Å². The van der Waals surface area contributed by atoms with Crippen LogP contribution in [0.4, 0.5) is 0 Å². The lowest BCUT2D eigenvalue weighted by atomic mass is 10.1. The topological polar surface area (TPSA) is 93.1 Å². The van der Waals surface area contributed by atoms with Crippen LogP contribution >= 0.6 is 0 Å². The van der Waals surface area contributed by atoms with Crippen molar-refractivity contribution in [1.82, 2.24) is 19.8 Å². The molecule has 1 amide bonds. The van der Waals surface area contributed by atoms with Gasteiger partial charge in [0.05, 0.1) is 16.3 Å². The minimum Gasteiger partial charge on any atom is -0.348 e. The van der Waals surface area contributed by atoms with Gasteiger partial charge in [0.1, 0.15) is 0 Å². The maximum absolute atomic E-state index is 12.8. The van der Waals surface area contributed by atoms with E-state index in [9.17, 15) is 13.2 Å². The van der Waals surface area contributed by atoms with Crippen LogP contribution in [0.2, 0.25) is 0 Å². The van der Waals surface area contributed by atoms with E-state index >= 15 is 0 Å². The number of sulfonamides is 1. The number of carbonyl (C=O) groups is 1. The van der Waals surface area contributed by atoms with Crippen molar-refractivity contribution in [2.75, 3.05) is 0 Å². The molecule has 174 valence electrons. The molecular weight excluding hydrogens is 448 g/mol. The van der Waals surface area contributed by atoms with E-state index in [2.05, 4.69) is 10.0 Å². The molecule has 0 aliphatic carbocycles. The van der Waals surface area contributed by atoms with E-state index in [1.807, 2.05) is 66.9 Å². The third kappa shape index (κ3) is 5.41. The van der Waals surface area contributed by atoms with Gasteiger partial charge in [-0.3, -0.25) is 4.79 Å². The molecule has 0 spiro atoms. The molecular formula is C26H26N4O3S. The number of nitrogens with one attached hydrogen (secondary N) is 2. The molecule has 4 rings (SSSR count). The van der Waals surface area contributed by atoms with Gasteiger partial charge in [-0.05, 0) is 50.2 Å². The van der Waals surface area contributed by atoms with Crippen molar-refractivity contribution < 1.29 is 13.2 Å². The van der Waals surface area contributed by atoms with Gasteiger partial charge in [0.25, 0.3) is 5.91 Å². The highest BCUT2D eigenvalue weighted by atomic mass is 32.2. The van der Waals surface area contributed by atoms with Gasteiger partial charge in [-0.1, -0.05) is 48.5 Å². The maximum atomic E-state index is 12.8. The van der Waals surface area contributed by atoms with Crippen LogP contribution < -0.4 is 10.0 Å². The first kappa shape index (κ1) is 23.4. The van der Waals surface area contributed by atoms with Gasteiger partial charge in [0, 0.05) is 35.5 Å². The minimum absolute atomic E-state index is 0.119. The van der Waals surface area contributed by atoms with Crippen LogP contribution in [-0.4, -0.2) is 30.1 Å². The summed E-state index contributed by atoms with van der Waals surface area (Å²) in [5, 5.41) is 7.68. The molecule has 0 radical (unpaired) electrons. The molecule has 0 atom stereocenters. The third-order valence-electron chi connectivity index (χ3n) is 5.12. The van der Waals surface area contributed by atoms with Crippen LogP contribution in [0, 0.1) is 0 Å². The molecule has 1 heterocycles. The number of hydrogen-bond acceptors (Lipinski definition) is 4. The van der Waals surface area contributed by atoms with Gasteiger partial charge in [-0.2, -0.15) is 5.10 Å². The average Bonchev–Trinajstić information content (AvgIpc) is 3.27. The first-order valence-corrected chi connectivity index (χ1v) is 12.4. The fraction of sp³-hybridized carbons (Fsp3) is 0.154. The lowest BCUT2D eigenvalue weighted by molar-refractivity contribution is 0.0951. The number of benzene rings is 3. The Morgan fingerprint density at radius 1 is 0.912 bits per heavy atom. The van der Waals surface area contributed by atoms with Crippen LogP contribution in [-0.2, 0) is 16.6 Å². The fourth-order valence-corrected chi connectivity index (χ4v) is 4.78. The lowest BCUT2D eigenvalue weighted by Crippen LogP contribution is -2.30. The molecule has 2 N–H and O–H groups in total. The Hall–Kier alpha value is -3.75. The lowest BCUT2D eigenvalue weighted by Gasteiger charge is -2.10. The summed E-state index contributed by atoms with van der Waals surface area (Å²) in [5.41, 5.74) is 3.90. The standard InChI is InChI=1S/C26H26N4O3S/c1-19(2)29-34(32,33)24-15-13-21(14-16-24)26(31)27-17-22-18-30(23-11-7-4-8-12-23)28-25(22)20-9-5-3-6-10-20/h3-16,18-19,29H,17H2,1-2H3,(H,27,31). The molecule has 34 heavy (non-hydrogen) atoms. The van der Waals surface area contributed by atoms with Gasteiger partial charge in [-0.15, -0.1) is 0 Å². The second-order valence-electron chi connectivity index (χ2n) is 8.13. The Balaban J connectivity index is 1.54. The third-order valence-corrected chi connectivity index (χ3v) is 6.79. The fourth-order valence-electron chi connectivity index (χ4n) is 3.53. The summed E-state index contributed by atoms with van der Waals surface area (Å²) in [7, 11) is -3.61. The van der Waals surface area contributed by atoms with E-state index in [1.165, 1.54) is 24.3 Å². The van der Waals surface area contributed by atoms with Crippen LogP contribution in [0.5, 0.6) is 0 Å². The van der Waals surface area contributed by atoms with E-state index in [0.29, 0.717) is 5.56 Å².